The molecule has 5 nitrogen and oxygen atoms in total. The van der Waals surface area contributed by atoms with Crippen molar-refractivity contribution in [2.45, 2.75) is 58.1 Å². The van der Waals surface area contributed by atoms with Gasteiger partial charge in [-0.05, 0) is 52.4 Å². The summed E-state index contributed by atoms with van der Waals surface area (Å²) in [4.78, 5) is 25.0. The van der Waals surface area contributed by atoms with Gasteiger partial charge in [-0.25, -0.2) is 9.59 Å². The third kappa shape index (κ3) is 3.32. The number of likely N-dealkylation sites (tertiary alicyclic amines) is 1. The fourth-order valence-corrected chi connectivity index (χ4v) is 2.92. The second-order valence-electron chi connectivity index (χ2n) is 6.60. The predicted octanol–water partition coefficient (Wildman–Crippen LogP) is 2.81. The standard InChI is InChI=1S/C15H23NO4/c1-15(2,3)20-14(19)16-9-11-7-5-4-6-10(11)8-12(16)13(17)18/h7,10,12H,4-6,8-9H2,1-3H3,(H,17,18)/t10-,12+/m0/s1. The summed E-state index contributed by atoms with van der Waals surface area (Å²) in [6, 6.07) is -0.773. The van der Waals surface area contributed by atoms with Gasteiger partial charge < -0.3 is 9.84 Å². The number of amides is 1. The Balaban J connectivity index is 2.17. The molecule has 5 heteroatoms. The zero-order valence-electron chi connectivity index (χ0n) is 12.4. The van der Waals surface area contributed by atoms with Gasteiger partial charge in [-0.3, -0.25) is 4.90 Å². The third-order valence-electron chi connectivity index (χ3n) is 3.84. The Labute approximate surface area is 119 Å². The van der Waals surface area contributed by atoms with Crippen LogP contribution in [-0.4, -0.2) is 40.3 Å². The van der Waals surface area contributed by atoms with Crippen LogP contribution in [0, 0.1) is 5.92 Å². The number of fused-ring (bicyclic) bond motifs is 1. The highest BCUT2D eigenvalue weighted by atomic mass is 16.6. The summed E-state index contributed by atoms with van der Waals surface area (Å²) in [5, 5.41) is 9.38. The summed E-state index contributed by atoms with van der Waals surface area (Å²) in [6.45, 7) is 5.74. The van der Waals surface area contributed by atoms with Crippen molar-refractivity contribution in [3.05, 3.63) is 11.6 Å². The first kappa shape index (κ1) is 14.9. The molecule has 0 saturated carbocycles. The number of allylic oxidation sites excluding steroid dienone is 1. The molecule has 112 valence electrons. The van der Waals surface area contributed by atoms with Crippen molar-refractivity contribution in [1.82, 2.24) is 4.90 Å². The smallest absolute Gasteiger partial charge is 0.411 e. The molecule has 0 radical (unpaired) electrons. The molecule has 0 aromatic rings. The topological polar surface area (TPSA) is 66.8 Å². The zero-order valence-corrected chi connectivity index (χ0v) is 12.4. The second-order valence-corrected chi connectivity index (χ2v) is 6.60. The molecule has 20 heavy (non-hydrogen) atoms. The van der Waals surface area contributed by atoms with E-state index in [4.69, 9.17) is 4.74 Å². The molecule has 1 fully saturated rings. The molecule has 1 aliphatic heterocycles. The maximum absolute atomic E-state index is 12.2. The van der Waals surface area contributed by atoms with Crippen molar-refractivity contribution < 1.29 is 19.4 Å². The summed E-state index contributed by atoms with van der Waals surface area (Å²) < 4.78 is 5.33. The number of ether oxygens (including phenoxy) is 1. The minimum atomic E-state index is -0.944. The number of piperidine rings is 1. The fraction of sp³-hybridized carbons (Fsp3) is 0.733. The van der Waals surface area contributed by atoms with Crippen molar-refractivity contribution in [1.29, 1.82) is 0 Å². The number of carbonyl (C=O) groups excluding carboxylic acids is 1. The molecule has 2 aliphatic rings. The van der Waals surface area contributed by atoms with Gasteiger partial charge in [0.1, 0.15) is 11.6 Å². The highest BCUT2D eigenvalue weighted by molar-refractivity contribution is 5.81. The van der Waals surface area contributed by atoms with Crippen LogP contribution in [0.4, 0.5) is 4.79 Å². The van der Waals surface area contributed by atoms with Crippen LogP contribution >= 0.6 is 0 Å². The highest BCUT2D eigenvalue weighted by Crippen LogP contribution is 2.35. The van der Waals surface area contributed by atoms with Crippen LogP contribution in [0.2, 0.25) is 0 Å². The molecule has 1 saturated heterocycles. The van der Waals surface area contributed by atoms with Gasteiger partial charge in [-0.1, -0.05) is 11.6 Å². The molecule has 1 amide bonds. The lowest BCUT2D eigenvalue weighted by atomic mass is 9.79. The molecule has 2 rings (SSSR count). The number of hydrogen-bond acceptors (Lipinski definition) is 3. The SMILES string of the molecule is CC(C)(C)OC(=O)N1CC2=CCCC[C@H]2C[C@@H]1C(=O)O. The number of aliphatic carboxylic acids is 1. The van der Waals surface area contributed by atoms with E-state index in [1.165, 1.54) is 10.5 Å². The van der Waals surface area contributed by atoms with E-state index in [1.54, 1.807) is 20.8 Å². The van der Waals surface area contributed by atoms with E-state index in [-0.39, 0.29) is 0 Å². The quantitative estimate of drug-likeness (QED) is 0.750. The number of hydrogen-bond donors (Lipinski definition) is 1. The van der Waals surface area contributed by atoms with Crippen LogP contribution in [0.1, 0.15) is 46.5 Å². The molecular formula is C15H23NO4. The lowest BCUT2D eigenvalue weighted by molar-refractivity contribution is -0.144. The van der Waals surface area contributed by atoms with E-state index in [0.717, 1.165) is 19.3 Å². The summed E-state index contributed by atoms with van der Waals surface area (Å²) in [5.74, 6) is -0.635. The Morgan fingerprint density at radius 3 is 2.70 bits per heavy atom. The number of nitrogens with zero attached hydrogens (tertiary/aromatic N) is 1. The lowest BCUT2D eigenvalue weighted by Gasteiger charge is -2.40. The van der Waals surface area contributed by atoms with E-state index in [1.807, 2.05) is 0 Å². The first-order chi connectivity index (χ1) is 9.28. The van der Waals surface area contributed by atoms with Crippen molar-refractivity contribution in [3.8, 4) is 0 Å². The van der Waals surface area contributed by atoms with Crippen LogP contribution in [0.5, 0.6) is 0 Å². The largest absolute Gasteiger partial charge is 0.480 e. The van der Waals surface area contributed by atoms with Crippen LogP contribution in [-0.2, 0) is 9.53 Å². The van der Waals surface area contributed by atoms with Crippen molar-refractivity contribution >= 4 is 12.1 Å². The van der Waals surface area contributed by atoms with Gasteiger partial charge in [0.05, 0.1) is 0 Å². The molecule has 1 heterocycles. The Morgan fingerprint density at radius 2 is 2.10 bits per heavy atom. The van der Waals surface area contributed by atoms with Gasteiger partial charge >= 0.3 is 12.1 Å². The van der Waals surface area contributed by atoms with Gasteiger partial charge in [0.2, 0.25) is 0 Å². The summed E-state index contributed by atoms with van der Waals surface area (Å²) in [5.41, 5.74) is 0.581. The molecular weight excluding hydrogens is 258 g/mol. The van der Waals surface area contributed by atoms with Crippen LogP contribution in [0.15, 0.2) is 11.6 Å². The fourth-order valence-electron chi connectivity index (χ4n) is 2.92. The molecule has 0 aromatic heterocycles. The first-order valence-corrected chi connectivity index (χ1v) is 7.19. The van der Waals surface area contributed by atoms with E-state index in [0.29, 0.717) is 18.9 Å². The Morgan fingerprint density at radius 1 is 1.40 bits per heavy atom. The van der Waals surface area contributed by atoms with Gasteiger partial charge in [0, 0.05) is 6.54 Å². The molecule has 0 bridgehead atoms. The van der Waals surface area contributed by atoms with Gasteiger partial charge in [-0.2, -0.15) is 0 Å². The maximum atomic E-state index is 12.2. The normalized spacial score (nSPS) is 26.6. The number of carbonyl (C=O) groups is 2. The molecule has 0 unspecified atom stereocenters. The van der Waals surface area contributed by atoms with Crippen molar-refractivity contribution in [2.75, 3.05) is 6.54 Å². The summed E-state index contributed by atoms with van der Waals surface area (Å²) >= 11 is 0. The van der Waals surface area contributed by atoms with Crippen LogP contribution in [0.3, 0.4) is 0 Å². The molecule has 1 N–H and O–H groups in total. The molecule has 2 atom stereocenters. The number of carboxylic acids is 1. The maximum Gasteiger partial charge on any atom is 0.411 e. The Bertz CT molecular complexity index is 436. The van der Waals surface area contributed by atoms with E-state index in [2.05, 4.69) is 6.08 Å². The van der Waals surface area contributed by atoms with Gasteiger partial charge in [0.25, 0.3) is 0 Å². The molecule has 0 spiro atoms. The van der Waals surface area contributed by atoms with Gasteiger partial charge in [-0.15, -0.1) is 0 Å². The molecule has 0 aromatic carbocycles. The average molecular weight is 281 g/mol. The van der Waals surface area contributed by atoms with Crippen molar-refractivity contribution in [3.63, 3.8) is 0 Å². The van der Waals surface area contributed by atoms with E-state index < -0.39 is 23.7 Å². The first-order valence-electron chi connectivity index (χ1n) is 7.19. The minimum absolute atomic E-state index is 0.309. The van der Waals surface area contributed by atoms with Crippen LogP contribution in [0.25, 0.3) is 0 Å². The lowest BCUT2D eigenvalue weighted by Crippen LogP contribution is -2.52. The highest BCUT2D eigenvalue weighted by Gasteiger charge is 2.40. The minimum Gasteiger partial charge on any atom is -0.480 e. The Hall–Kier alpha value is -1.52. The number of carboxylic acid groups (broad SMARTS) is 1. The average Bonchev–Trinajstić information content (AvgIpc) is 2.35. The summed E-state index contributed by atoms with van der Waals surface area (Å²) in [7, 11) is 0. The summed E-state index contributed by atoms with van der Waals surface area (Å²) in [6.07, 6.45) is 5.27. The predicted molar refractivity (Wildman–Crippen MR) is 74.4 cm³/mol. The third-order valence-corrected chi connectivity index (χ3v) is 3.84. The monoisotopic (exact) mass is 281 g/mol. The van der Waals surface area contributed by atoms with E-state index in [9.17, 15) is 14.7 Å². The van der Waals surface area contributed by atoms with E-state index >= 15 is 0 Å². The molecule has 1 aliphatic carbocycles. The van der Waals surface area contributed by atoms with Gasteiger partial charge in [0.15, 0.2) is 0 Å². The van der Waals surface area contributed by atoms with Crippen LogP contribution < -0.4 is 0 Å². The number of rotatable bonds is 1. The Kier molecular flexibility index (Phi) is 4.06. The second kappa shape index (κ2) is 5.46. The zero-order chi connectivity index (χ0) is 14.9. The van der Waals surface area contributed by atoms with Crippen molar-refractivity contribution in [2.24, 2.45) is 5.92 Å².